The van der Waals surface area contributed by atoms with Crippen molar-refractivity contribution < 1.29 is 23.9 Å². The lowest BCUT2D eigenvalue weighted by atomic mass is 9.98. The van der Waals surface area contributed by atoms with Crippen LogP contribution in [0.25, 0.3) is 11.1 Å². The van der Waals surface area contributed by atoms with Gasteiger partial charge in [-0.1, -0.05) is 97.1 Å². The summed E-state index contributed by atoms with van der Waals surface area (Å²) in [6, 6.07) is 33.4. The molecule has 9 heteroatoms. The van der Waals surface area contributed by atoms with E-state index < -0.39 is 23.3 Å². The SMILES string of the molecule is C[C@H](CNC(C)(C)CC(=O)N[C@@H]1CCc2ccccc2N(Cc2ccc(-c3ccccc3CNC(=O)OC(C)(C)C)cc2)C1=O)OCc1ccccc1. The van der Waals surface area contributed by atoms with Crippen molar-refractivity contribution in [3.8, 4) is 11.1 Å². The van der Waals surface area contributed by atoms with Crippen LogP contribution in [0.15, 0.2) is 103 Å². The van der Waals surface area contributed by atoms with Gasteiger partial charge in [-0.2, -0.15) is 0 Å². The summed E-state index contributed by atoms with van der Waals surface area (Å²) in [5.74, 6) is -0.298. The molecule has 4 aromatic rings. The van der Waals surface area contributed by atoms with Gasteiger partial charge in [0.25, 0.3) is 0 Å². The Morgan fingerprint density at radius 3 is 2.26 bits per heavy atom. The number of fused-ring (bicyclic) bond motifs is 1. The van der Waals surface area contributed by atoms with Crippen LogP contribution in [0, 0.1) is 0 Å². The van der Waals surface area contributed by atoms with Gasteiger partial charge in [-0.15, -0.1) is 0 Å². The van der Waals surface area contributed by atoms with Crippen molar-refractivity contribution in [3.05, 3.63) is 125 Å². The van der Waals surface area contributed by atoms with Crippen LogP contribution >= 0.6 is 0 Å². The van der Waals surface area contributed by atoms with Gasteiger partial charge in [-0.25, -0.2) is 4.79 Å². The molecule has 53 heavy (non-hydrogen) atoms. The van der Waals surface area contributed by atoms with Gasteiger partial charge in [0, 0.05) is 30.7 Å². The Morgan fingerprint density at radius 1 is 0.849 bits per heavy atom. The number of nitrogens with one attached hydrogen (secondary N) is 3. The minimum Gasteiger partial charge on any atom is -0.444 e. The first kappa shape index (κ1) is 39.2. The van der Waals surface area contributed by atoms with Crippen LogP contribution in [-0.2, 0) is 45.2 Å². The molecule has 1 aliphatic rings. The maximum absolute atomic E-state index is 14.2. The molecule has 9 nitrogen and oxygen atoms in total. The number of benzene rings is 4. The average Bonchev–Trinajstić information content (AvgIpc) is 3.25. The van der Waals surface area contributed by atoms with Crippen LogP contribution in [0.1, 0.15) is 76.6 Å². The summed E-state index contributed by atoms with van der Waals surface area (Å²) < 4.78 is 11.4. The Bertz CT molecular complexity index is 1830. The molecule has 0 saturated carbocycles. The fourth-order valence-electron chi connectivity index (χ4n) is 6.42. The van der Waals surface area contributed by atoms with E-state index in [0.29, 0.717) is 39.1 Å². The molecule has 3 amide bonds. The number of hydrogen-bond acceptors (Lipinski definition) is 6. The van der Waals surface area contributed by atoms with E-state index in [1.165, 1.54) is 0 Å². The topological polar surface area (TPSA) is 109 Å². The minimum absolute atomic E-state index is 0.0435. The predicted molar refractivity (Wildman–Crippen MR) is 210 cm³/mol. The Morgan fingerprint density at radius 2 is 1.53 bits per heavy atom. The van der Waals surface area contributed by atoms with E-state index in [1.807, 2.05) is 139 Å². The van der Waals surface area contributed by atoms with E-state index in [4.69, 9.17) is 9.47 Å². The van der Waals surface area contributed by atoms with Gasteiger partial charge in [0.05, 0.1) is 19.3 Å². The molecule has 0 unspecified atom stereocenters. The van der Waals surface area contributed by atoms with Crippen LogP contribution in [-0.4, -0.2) is 47.7 Å². The maximum Gasteiger partial charge on any atom is 0.407 e. The molecule has 0 radical (unpaired) electrons. The molecule has 3 N–H and O–H groups in total. The first-order valence-corrected chi connectivity index (χ1v) is 18.5. The van der Waals surface area contributed by atoms with Crippen LogP contribution < -0.4 is 20.9 Å². The van der Waals surface area contributed by atoms with Gasteiger partial charge in [-0.05, 0) is 93.8 Å². The number of nitrogens with zero attached hydrogens (tertiary/aromatic N) is 1. The maximum atomic E-state index is 14.2. The molecular formula is C44H54N4O5. The second-order valence-corrected chi connectivity index (χ2v) is 15.5. The molecule has 4 aromatic carbocycles. The van der Waals surface area contributed by atoms with Crippen molar-refractivity contribution in [3.63, 3.8) is 0 Å². The smallest absolute Gasteiger partial charge is 0.407 e. The fourth-order valence-corrected chi connectivity index (χ4v) is 6.42. The van der Waals surface area contributed by atoms with Gasteiger partial charge < -0.3 is 30.3 Å². The van der Waals surface area contributed by atoms with Crippen molar-refractivity contribution in [2.24, 2.45) is 0 Å². The zero-order valence-corrected chi connectivity index (χ0v) is 31.9. The van der Waals surface area contributed by atoms with Crippen molar-refractivity contribution in [2.75, 3.05) is 11.4 Å². The summed E-state index contributed by atoms with van der Waals surface area (Å²) in [6.07, 6.45) is 0.899. The Labute approximate surface area is 314 Å². The number of aryl methyl sites for hydroxylation is 1. The molecule has 1 aliphatic heterocycles. The van der Waals surface area contributed by atoms with E-state index in [2.05, 4.69) is 22.0 Å². The van der Waals surface area contributed by atoms with E-state index in [9.17, 15) is 14.4 Å². The first-order chi connectivity index (χ1) is 25.3. The quantitative estimate of drug-likeness (QED) is 0.123. The number of alkyl carbamates (subject to hydrolysis) is 1. The van der Waals surface area contributed by atoms with Crippen LogP contribution in [0.5, 0.6) is 0 Å². The Kier molecular flexibility index (Phi) is 13.1. The lowest BCUT2D eigenvalue weighted by Gasteiger charge is -2.30. The lowest BCUT2D eigenvalue weighted by molar-refractivity contribution is -0.128. The zero-order chi connectivity index (χ0) is 38.0. The highest BCUT2D eigenvalue weighted by molar-refractivity contribution is 6.00. The molecule has 0 fully saturated rings. The van der Waals surface area contributed by atoms with Gasteiger partial charge in [0.2, 0.25) is 11.8 Å². The number of carbonyl (C=O) groups excluding carboxylic acids is 3. The largest absolute Gasteiger partial charge is 0.444 e. The van der Waals surface area contributed by atoms with Gasteiger partial charge >= 0.3 is 6.09 Å². The minimum atomic E-state index is -0.651. The molecule has 280 valence electrons. The molecule has 0 aliphatic carbocycles. The van der Waals surface area contributed by atoms with Crippen molar-refractivity contribution in [1.82, 2.24) is 16.0 Å². The van der Waals surface area contributed by atoms with E-state index in [1.54, 1.807) is 4.90 Å². The van der Waals surface area contributed by atoms with E-state index in [0.717, 1.165) is 39.1 Å². The summed E-state index contributed by atoms with van der Waals surface area (Å²) >= 11 is 0. The number of para-hydroxylation sites is 1. The van der Waals surface area contributed by atoms with Crippen LogP contribution in [0.2, 0.25) is 0 Å². The Balaban J connectivity index is 1.21. The standard InChI is InChI=1S/C44H54N4O5/c1-31(52-30-33-14-8-7-9-15-33)27-46-44(5,6)26-40(49)47-38-25-24-35-16-11-13-19-39(35)48(41(38)50)29-32-20-22-34(23-21-32)37-18-12-10-17-36(37)28-45-42(51)53-43(2,3)4/h7-23,31,38,46H,24-30H2,1-6H3,(H,45,51)(H,47,49)/t31-,38-/m1/s1. The highest BCUT2D eigenvalue weighted by Gasteiger charge is 2.33. The van der Waals surface area contributed by atoms with E-state index >= 15 is 0 Å². The van der Waals surface area contributed by atoms with Crippen LogP contribution in [0.3, 0.4) is 0 Å². The monoisotopic (exact) mass is 718 g/mol. The average molecular weight is 719 g/mol. The fraction of sp³-hybridized carbons (Fsp3) is 0.386. The van der Waals surface area contributed by atoms with Gasteiger partial charge in [0.1, 0.15) is 11.6 Å². The second-order valence-electron chi connectivity index (χ2n) is 15.5. The second kappa shape index (κ2) is 17.7. The van der Waals surface area contributed by atoms with E-state index in [-0.39, 0.29) is 24.3 Å². The highest BCUT2D eigenvalue weighted by Crippen LogP contribution is 2.30. The van der Waals surface area contributed by atoms with Crippen LogP contribution in [0.4, 0.5) is 10.5 Å². The molecule has 0 saturated heterocycles. The Hall–Kier alpha value is -4.99. The molecule has 0 aromatic heterocycles. The van der Waals surface area contributed by atoms with Crippen molar-refractivity contribution in [2.45, 2.75) is 104 Å². The first-order valence-electron chi connectivity index (χ1n) is 18.5. The van der Waals surface area contributed by atoms with Gasteiger partial charge in [0.15, 0.2) is 0 Å². The highest BCUT2D eigenvalue weighted by atomic mass is 16.6. The summed E-state index contributed by atoms with van der Waals surface area (Å²) in [4.78, 5) is 41.7. The third-order valence-electron chi connectivity index (χ3n) is 9.18. The number of hydrogen-bond donors (Lipinski definition) is 3. The lowest BCUT2D eigenvalue weighted by Crippen LogP contribution is -2.51. The summed E-state index contributed by atoms with van der Waals surface area (Å²) in [6.45, 7) is 13.3. The molecule has 5 rings (SSSR count). The molecular weight excluding hydrogens is 665 g/mol. The summed E-state index contributed by atoms with van der Waals surface area (Å²) in [5.41, 5.74) is 5.90. The third kappa shape index (κ3) is 11.8. The number of anilines is 1. The van der Waals surface area contributed by atoms with Gasteiger partial charge in [-0.3, -0.25) is 9.59 Å². The van der Waals surface area contributed by atoms with Crippen molar-refractivity contribution in [1.29, 1.82) is 0 Å². The summed E-state index contributed by atoms with van der Waals surface area (Å²) in [5, 5.41) is 9.41. The normalized spacial score (nSPS) is 15.2. The zero-order valence-electron chi connectivity index (χ0n) is 31.9. The number of carbonyl (C=O) groups is 3. The number of rotatable bonds is 14. The predicted octanol–water partition coefficient (Wildman–Crippen LogP) is 7.71. The molecule has 0 spiro atoms. The number of ether oxygens (including phenoxy) is 2. The van der Waals surface area contributed by atoms with Crippen molar-refractivity contribution >= 4 is 23.6 Å². The summed E-state index contributed by atoms with van der Waals surface area (Å²) in [7, 11) is 0. The molecule has 0 bridgehead atoms. The molecule has 2 atom stereocenters. The number of amides is 3. The third-order valence-corrected chi connectivity index (χ3v) is 9.18. The molecule has 1 heterocycles.